The van der Waals surface area contributed by atoms with E-state index in [1.807, 2.05) is 19.1 Å². The number of aliphatic carboxylic acids is 1. The first kappa shape index (κ1) is 10.7. The minimum Gasteiger partial charge on any atom is -0.479 e. The average Bonchev–Trinajstić information content (AvgIpc) is 2.18. The summed E-state index contributed by atoms with van der Waals surface area (Å²) < 4.78 is 12.9. The van der Waals surface area contributed by atoms with Crippen LogP contribution in [0.5, 0.6) is 0 Å². The Morgan fingerprint density at radius 3 is 2.50 bits per heavy atom. The van der Waals surface area contributed by atoms with Gasteiger partial charge in [-0.15, -0.1) is 0 Å². The molecule has 0 saturated heterocycles. The first-order valence-electron chi connectivity index (χ1n) is 4.58. The number of hydrogen-bond acceptors (Lipinski definition) is 1. The van der Waals surface area contributed by atoms with Crippen molar-refractivity contribution in [2.75, 3.05) is 0 Å². The number of benzene rings is 1. The zero-order valence-corrected chi connectivity index (χ0v) is 8.03. The first-order valence-corrected chi connectivity index (χ1v) is 4.58. The molecule has 0 aliphatic rings. The Morgan fingerprint density at radius 2 is 2.00 bits per heavy atom. The van der Waals surface area contributed by atoms with Crippen LogP contribution in [0, 0.1) is 0 Å². The topological polar surface area (TPSA) is 37.3 Å². The van der Waals surface area contributed by atoms with Crippen LogP contribution in [-0.4, -0.2) is 17.2 Å². The van der Waals surface area contributed by atoms with Crippen molar-refractivity contribution in [1.82, 2.24) is 0 Å². The van der Waals surface area contributed by atoms with Crippen molar-refractivity contribution < 1.29 is 14.3 Å². The Morgan fingerprint density at radius 1 is 1.43 bits per heavy atom. The van der Waals surface area contributed by atoms with Crippen LogP contribution in [0.25, 0.3) is 0 Å². The normalized spacial score (nSPS) is 12.4. The predicted molar refractivity (Wildman–Crippen MR) is 52.1 cm³/mol. The number of halogens is 1. The van der Waals surface area contributed by atoms with E-state index < -0.39 is 12.1 Å². The minimum absolute atomic E-state index is 0.0423. The molecule has 3 heteroatoms. The third-order valence-corrected chi connectivity index (χ3v) is 2.17. The fourth-order valence-corrected chi connectivity index (χ4v) is 1.38. The van der Waals surface area contributed by atoms with Gasteiger partial charge in [-0.2, -0.15) is 0 Å². The van der Waals surface area contributed by atoms with E-state index in [2.05, 4.69) is 0 Å². The summed E-state index contributed by atoms with van der Waals surface area (Å²) in [6, 6.07) is 7.33. The summed E-state index contributed by atoms with van der Waals surface area (Å²) in [5.41, 5.74) is 1.79. The standard InChI is InChI=1S/C11H13FO2/c1-2-8-5-3-4-6-9(8)7-10(12)11(13)14/h3-6,10H,2,7H2,1H3,(H,13,14). The van der Waals surface area contributed by atoms with Crippen LogP contribution in [0.2, 0.25) is 0 Å². The molecule has 0 heterocycles. The van der Waals surface area contributed by atoms with E-state index in [4.69, 9.17) is 5.11 Å². The molecule has 0 aliphatic carbocycles. The molecule has 0 saturated carbocycles. The van der Waals surface area contributed by atoms with Crippen molar-refractivity contribution >= 4 is 5.97 Å². The highest BCUT2D eigenvalue weighted by atomic mass is 19.1. The monoisotopic (exact) mass is 196 g/mol. The van der Waals surface area contributed by atoms with Crippen LogP contribution in [0.3, 0.4) is 0 Å². The lowest BCUT2D eigenvalue weighted by Crippen LogP contribution is -2.17. The Bertz CT molecular complexity index is 323. The van der Waals surface area contributed by atoms with Crippen molar-refractivity contribution in [2.45, 2.75) is 25.9 Å². The summed E-state index contributed by atoms with van der Waals surface area (Å²) in [5.74, 6) is -1.39. The second kappa shape index (κ2) is 4.74. The Kier molecular flexibility index (Phi) is 3.63. The van der Waals surface area contributed by atoms with E-state index in [9.17, 15) is 9.18 Å². The predicted octanol–water partition coefficient (Wildman–Crippen LogP) is 2.21. The van der Waals surface area contributed by atoms with Crippen LogP contribution < -0.4 is 0 Å². The van der Waals surface area contributed by atoms with Gasteiger partial charge in [-0.05, 0) is 17.5 Å². The van der Waals surface area contributed by atoms with Gasteiger partial charge >= 0.3 is 5.97 Å². The van der Waals surface area contributed by atoms with Crippen LogP contribution in [0.4, 0.5) is 4.39 Å². The molecule has 0 radical (unpaired) electrons. The van der Waals surface area contributed by atoms with E-state index in [1.54, 1.807) is 12.1 Å². The van der Waals surface area contributed by atoms with E-state index >= 15 is 0 Å². The van der Waals surface area contributed by atoms with Gasteiger partial charge in [0, 0.05) is 6.42 Å². The molecule has 1 atom stereocenters. The number of alkyl halides is 1. The molecule has 1 N–H and O–H groups in total. The van der Waals surface area contributed by atoms with E-state index in [-0.39, 0.29) is 6.42 Å². The molecule has 1 unspecified atom stereocenters. The number of carboxylic acids is 1. The lowest BCUT2D eigenvalue weighted by Gasteiger charge is -2.08. The van der Waals surface area contributed by atoms with Crippen molar-refractivity contribution in [3.63, 3.8) is 0 Å². The fraction of sp³-hybridized carbons (Fsp3) is 0.364. The molecule has 0 spiro atoms. The van der Waals surface area contributed by atoms with Gasteiger partial charge in [0.1, 0.15) is 0 Å². The van der Waals surface area contributed by atoms with Crippen molar-refractivity contribution in [2.24, 2.45) is 0 Å². The maximum absolute atomic E-state index is 12.9. The van der Waals surface area contributed by atoms with Crippen LogP contribution in [0.15, 0.2) is 24.3 Å². The summed E-state index contributed by atoms with van der Waals surface area (Å²) >= 11 is 0. The minimum atomic E-state index is -1.80. The van der Waals surface area contributed by atoms with Crippen LogP contribution in [-0.2, 0) is 17.6 Å². The van der Waals surface area contributed by atoms with Gasteiger partial charge < -0.3 is 5.11 Å². The molecule has 0 bridgehead atoms. The number of rotatable bonds is 4. The van der Waals surface area contributed by atoms with Gasteiger partial charge in [0.15, 0.2) is 0 Å². The number of carboxylic acid groups (broad SMARTS) is 1. The quantitative estimate of drug-likeness (QED) is 0.801. The summed E-state index contributed by atoms with van der Waals surface area (Å²) in [6.45, 7) is 1.97. The van der Waals surface area contributed by atoms with Gasteiger partial charge in [0.05, 0.1) is 0 Å². The highest BCUT2D eigenvalue weighted by molar-refractivity contribution is 5.72. The average molecular weight is 196 g/mol. The molecule has 76 valence electrons. The smallest absolute Gasteiger partial charge is 0.338 e. The Hall–Kier alpha value is -1.38. The highest BCUT2D eigenvalue weighted by Gasteiger charge is 2.17. The molecule has 14 heavy (non-hydrogen) atoms. The maximum atomic E-state index is 12.9. The molecule has 1 aromatic rings. The molecule has 0 fully saturated rings. The summed E-state index contributed by atoms with van der Waals surface area (Å²) in [5, 5.41) is 8.43. The molecule has 0 aromatic heterocycles. The summed E-state index contributed by atoms with van der Waals surface area (Å²) in [7, 11) is 0. The molecule has 0 amide bonds. The van der Waals surface area contributed by atoms with Crippen molar-refractivity contribution in [3.05, 3.63) is 35.4 Å². The van der Waals surface area contributed by atoms with E-state index in [1.165, 1.54) is 0 Å². The second-order valence-corrected chi connectivity index (χ2v) is 3.13. The summed E-state index contributed by atoms with van der Waals surface area (Å²) in [4.78, 5) is 10.3. The van der Waals surface area contributed by atoms with Crippen LogP contribution in [0.1, 0.15) is 18.1 Å². The van der Waals surface area contributed by atoms with Gasteiger partial charge in [-0.25, -0.2) is 9.18 Å². The van der Waals surface area contributed by atoms with Gasteiger partial charge in [0.2, 0.25) is 6.17 Å². The third-order valence-electron chi connectivity index (χ3n) is 2.17. The molecular formula is C11H13FO2. The lowest BCUT2D eigenvalue weighted by atomic mass is 10.0. The third kappa shape index (κ3) is 2.55. The molecule has 1 aromatic carbocycles. The van der Waals surface area contributed by atoms with Crippen molar-refractivity contribution in [3.8, 4) is 0 Å². The first-order chi connectivity index (χ1) is 6.65. The van der Waals surface area contributed by atoms with E-state index in [0.29, 0.717) is 0 Å². The molecule has 2 nitrogen and oxygen atoms in total. The largest absolute Gasteiger partial charge is 0.479 e. The number of hydrogen-bond donors (Lipinski definition) is 1. The highest BCUT2D eigenvalue weighted by Crippen LogP contribution is 2.13. The SMILES string of the molecule is CCc1ccccc1CC(F)C(=O)O. The van der Waals surface area contributed by atoms with Gasteiger partial charge in [0.25, 0.3) is 0 Å². The summed E-state index contributed by atoms with van der Waals surface area (Å²) in [6.07, 6.45) is -1.05. The molecular weight excluding hydrogens is 183 g/mol. The molecule has 1 rings (SSSR count). The zero-order valence-electron chi connectivity index (χ0n) is 8.03. The van der Waals surface area contributed by atoms with Gasteiger partial charge in [-0.3, -0.25) is 0 Å². The Labute approximate surface area is 82.4 Å². The number of carbonyl (C=O) groups is 1. The number of aryl methyl sites for hydroxylation is 1. The van der Waals surface area contributed by atoms with Crippen molar-refractivity contribution in [1.29, 1.82) is 0 Å². The molecule has 0 aliphatic heterocycles. The zero-order chi connectivity index (χ0) is 10.6. The van der Waals surface area contributed by atoms with E-state index in [0.717, 1.165) is 17.5 Å². The van der Waals surface area contributed by atoms with Crippen LogP contribution >= 0.6 is 0 Å². The second-order valence-electron chi connectivity index (χ2n) is 3.13. The Balaban J connectivity index is 2.80. The maximum Gasteiger partial charge on any atom is 0.338 e. The lowest BCUT2D eigenvalue weighted by molar-refractivity contribution is -0.142. The fourth-order valence-electron chi connectivity index (χ4n) is 1.38. The van der Waals surface area contributed by atoms with Gasteiger partial charge in [-0.1, -0.05) is 31.2 Å².